The van der Waals surface area contributed by atoms with E-state index in [2.05, 4.69) is 171 Å². The van der Waals surface area contributed by atoms with Gasteiger partial charge in [0.1, 0.15) is 16.7 Å². The van der Waals surface area contributed by atoms with Crippen molar-refractivity contribution >= 4 is 104 Å². The maximum absolute atomic E-state index is 6.84. The molecule has 0 aliphatic carbocycles. The molecule has 0 saturated carbocycles. The van der Waals surface area contributed by atoms with Crippen LogP contribution in [0.15, 0.2) is 191 Å². The van der Waals surface area contributed by atoms with Crippen LogP contribution in [0.25, 0.3) is 127 Å². The average Bonchev–Trinajstić information content (AvgIpc) is 4.10. The third-order valence-corrected chi connectivity index (χ3v) is 12.4. The molecule has 6 heteroatoms. The lowest BCUT2D eigenvalue weighted by Crippen LogP contribution is -1.94. The number of fused-ring (bicyclic) bond motifs is 18. The Bertz CT molecular complexity index is 4080. The molecule has 0 aliphatic rings. The third kappa shape index (κ3) is 4.11. The van der Waals surface area contributed by atoms with E-state index >= 15 is 0 Å². The highest BCUT2D eigenvalue weighted by atomic mass is 16.3. The number of benzene rings is 8. The average molecular weight is 755 g/mol. The van der Waals surface area contributed by atoms with Crippen molar-refractivity contribution in [2.45, 2.75) is 0 Å². The fourth-order valence-corrected chi connectivity index (χ4v) is 9.87. The summed E-state index contributed by atoms with van der Waals surface area (Å²) in [6.07, 6.45) is 0. The molecule has 0 aliphatic heterocycles. The van der Waals surface area contributed by atoms with Crippen molar-refractivity contribution in [3.8, 4) is 22.5 Å². The van der Waals surface area contributed by atoms with Gasteiger partial charge in [-0.15, -0.1) is 0 Å². The zero-order valence-corrected chi connectivity index (χ0v) is 31.4. The van der Waals surface area contributed by atoms with Gasteiger partial charge in [0.15, 0.2) is 16.8 Å². The van der Waals surface area contributed by atoms with Gasteiger partial charge in [0.2, 0.25) is 0 Å². The van der Waals surface area contributed by atoms with Crippen molar-refractivity contribution in [1.29, 1.82) is 0 Å². The van der Waals surface area contributed by atoms with Crippen LogP contribution in [0, 0.1) is 0 Å². The molecular weight excluding hydrogens is 725 g/mol. The van der Waals surface area contributed by atoms with Crippen LogP contribution in [-0.4, -0.2) is 18.5 Å². The van der Waals surface area contributed by atoms with Crippen LogP contribution in [0.2, 0.25) is 0 Å². The number of hydrogen-bond acceptors (Lipinski definition) is 3. The van der Waals surface area contributed by atoms with Gasteiger partial charge < -0.3 is 18.0 Å². The number of rotatable bonds is 3. The molecule has 0 unspecified atom stereocenters. The van der Waals surface area contributed by atoms with Crippen molar-refractivity contribution < 1.29 is 8.83 Å². The molecule has 0 saturated heterocycles. The van der Waals surface area contributed by atoms with E-state index in [4.69, 9.17) is 13.8 Å². The van der Waals surface area contributed by atoms with Crippen molar-refractivity contribution in [2.75, 3.05) is 0 Å². The van der Waals surface area contributed by atoms with Gasteiger partial charge in [-0.25, -0.2) is 4.98 Å². The largest absolute Gasteiger partial charge is 0.454 e. The Labute approximate surface area is 335 Å². The van der Waals surface area contributed by atoms with Crippen LogP contribution in [0.3, 0.4) is 0 Å². The Morgan fingerprint density at radius 3 is 1.66 bits per heavy atom. The maximum Gasteiger partial charge on any atom is 0.182 e. The summed E-state index contributed by atoms with van der Waals surface area (Å²) in [4.78, 5) is 5.13. The Kier molecular flexibility index (Phi) is 5.93. The van der Waals surface area contributed by atoms with E-state index in [-0.39, 0.29) is 0 Å². The zero-order chi connectivity index (χ0) is 38.3. The van der Waals surface area contributed by atoms with Gasteiger partial charge in [0.05, 0.1) is 38.5 Å². The van der Waals surface area contributed by atoms with E-state index in [0.29, 0.717) is 0 Å². The maximum atomic E-state index is 6.84. The van der Waals surface area contributed by atoms with Gasteiger partial charge in [0, 0.05) is 43.7 Å². The van der Waals surface area contributed by atoms with E-state index in [0.717, 1.165) is 83.1 Å². The summed E-state index contributed by atoms with van der Waals surface area (Å²) in [6, 6.07) is 64.9. The molecule has 59 heavy (non-hydrogen) atoms. The number of imidazole rings is 1. The van der Waals surface area contributed by atoms with E-state index in [1.54, 1.807) is 0 Å². The van der Waals surface area contributed by atoms with Gasteiger partial charge in [-0.05, 0) is 96.1 Å². The summed E-state index contributed by atoms with van der Waals surface area (Å²) in [7, 11) is 0. The lowest BCUT2D eigenvalue weighted by Gasteiger charge is -2.10. The lowest BCUT2D eigenvalue weighted by atomic mass is 10.0. The normalized spacial score (nSPS) is 12.4. The Morgan fingerprint density at radius 1 is 0.373 bits per heavy atom. The summed E-state index contributed by atoms with van der Waals surface area (Å²) in [6.45, 7) is 0. The molecule has 0 N–H and O–H groups in total. The Hall–Kier alpha value is -8.09. The SMILES string of the molecule is c1ccc(-n2c3ccccc3c3cc(-c4ccc5c(c4)c4ccccc4n5-c4ccc5oc6c7c8ccccc8oc7c7nc8ccccc8n7c6c5c4)ccc32)cc1. The molecule has 8 aromatic carbocycles. The summed E-state index contributed by atoms with van der Waals surface area (Å²) in [5.74, 6) is 0. The number of pyridine rings is 1. The van der Waals surface area contributed by atoms with Gasteiger partial charge in [-0.1, -0.05) is 97.1 Å². The Balaban J connectivity index is 0.999. The molecule has 0 amide bonds. The minimum atomic E-state index is 0.730. The quantitative estimate of drug-likeness (QED) is 0.180. The van der Waals surface area contributed by atoms with Crippen molar-refractivity contribution in [2.24, 2.45) is 0 Å². The number of hydrogen-bond donors (Lipinski definition) is 0. The predicted octanol–water partition coefficient (Wildman–Crippen LogP) is 14.1. The monoisotopic (exact) mass is 754 g/mol. The lowest BCUT2D eigenvalue weighted by molar-refractivity contribution is 0.662. The third-order valence-electron chi connectivity index (χ3n) is 12.4. The minimum absolute atomic E-state index is 0.730. The van der Waals surface area contributed by atoms with Crippen molar-refractivity contribution in [3.05, 3.63) is 182 Å². The van der Waals surface area contributed by atoms with E-state index < -0.39 is 0 Å². The van der Waals surface area contributed by atoms with Gasteiger partial charge >= 0.3 is 0 Å². The predicted molar refractivity (Wildman–Crippen MR) is 241 cm³/mol. The van der Waals surface area contributed by atoms with Crippen LogP contribution in [-0.2, 0) is 0 Å². The molecule has 14 aromatic rings. The van der Waals surface area contributed by atoms with Crippen LogP contribution in [0.4, 0.5) is 0 Å². The molecule has 14 rings (SSSR count). The summed E-state index contributed by atoms with van der Waals surface area (Å²) < 4.78 is 20.3. The van der Waals surface area contributed by atoms with E-state index in [1.807, 2.05) is 24.3 Å². The molecule has 6 aromatic heterocycles. The zero-order valence-electron chi connectivity index (χ0n) is 31.4. The fourth-order valence-electron chi connectivity index (χ4n) is 9.87. The van der Waals surface area contributed by atoms with Crippen molar-refractivity contribution in [3.63, 3.8) is 0 Å². The van der Waals surface area contributed by atoms with Gasteiger partial charge in [-0.3, -0.25) is 4.40 Å². The van der Waals surface area contributed by atoms with Crippen LogP contribution in [0.1, 0.15) is 0 Å². The topological polar surface area (TPSA) is 53.4 Å². The summed E-state index contributed by atoms with van der Waals surface area (Å²) in [5.41, 5.74) is 16.1. The van der Waals surface area contributed by atoms with Gasteiger partial charge in [0.25, 0.3) is 0 Å². The summed E-state index contributed by atoms with van der Waals surface area (Å²) in [5, 5.41) is 7.88. The first-order valence-electron chi connectivity index (χ1n) is 20.0. The number of furan rings is 2. The standard InChI is InChI=1S/C53H30N4O2/c1-2-12-33(13-3-1)55-42-18-8-4-14-35(42)38-28-31(22-25-44(38)55)32-23-26-45-39(29-32)36-15-5-9-19-43(36)56(45)34-24-27-48-40(30-34)50-51(58-48)49-37-16-6-11-21-47(37)59-52(49)53-54-41-17-7-10-20-46(41)57(50)53/h1-30H. The fraction of sp³-hybridized carbons (Fsp3) is 0. The molecule has 0 atom stereocenters. The highest BCUT2D eigenvalue weighted by molar-refractivity contribution is 6.25. The molecule has 274 valence electrons. The van der Waals surface area contributed by atoms with Crippen molar-refractivity contribution in [1.82, 2.24) is 18.5 Å². The second-order valence-corrected chi connectivity index (χ2v) is 15.5. The number of nitrogens with zero attached hydrogens (tertiary/aromatic N) is 4. The second-order valence-electron chi connectivity index (χ2n) is 15.5. The molecule has 0 radical (unpaired) electrons. The summed E-state index contributed by atoms with van der Waals surface area (Å²) >= 11 is 0. The molecular formula is C53H30N4O2. The molecule has 0 bridgehead atoms. The minimum Gasteiger partial charge on any atom is -0.454 e. The van der Waals surface area contributed by atoms with Crippen LogP contribution in [0.5, 0.6) is 0 Å². The molecule has 0 fully saturated rings. The smallest absolute Gasteiger partial charge is 0.182 e. The van der Waals surface area contributed by atoms with E-state index in [1.165, 1.54) is 43.7 Å². The van der Waals surface area contributed by atoms with E-state index in [9.17, 15) is 0 Å². The first kappa shape index (κ1) is 31.0. The number of aromatic nitrogens is 4. The highest BCUT2D eigenvalue weighted by Gasteiger charge is 2.25. The highest BCUT2D eigenvalue weighted by Crippen LogP contribution is 2.44. The number of para-hydroxylation sites is 6. The molecule has 6 nitrogen and oxygen atoms in total. The molecule has 6 heterocycles. The van der Waals surface area contributed by atoms with Crippen LogP contribution >= 0.6 is 0 Å². The molecule has 0 spiro atoms. The Morgan fingerprint density at radius 2 is 0.932 bits per heavy atom. The van der Waals surface area contributed by atoms with Gasteiger partial charge in [-0.2, -0.15) is 0 Å². The first-order valence-corrected chi connectivity index (χ1v) is 20.0. The van der Waals surface area contributed by atoms with Crippen LogP contribution < -0.4 is 0 Å². The second kappa shape index (κ2) is 11.3. The first-order chi connectivity index (χ1) is 29.3.